The predicted octanol–water partition coefficient (Wildman–Crippen LogP) is 2.67. The minimum Gasteiger partial charge on any atom is -0.231 e. The summed E-state index contributed by atoms with van der Waals surface area (Å²) in [5.74, 6) is 1.44. The molecule has 0 N–H and O–H groups in total. The van der Waals surface area contributed by atoms with E-state index in [1.807, 2.05) is 25.1 Å². The highest BCUT2D eigenvalue weighted by atomic mass is 35.5. The highest BCUT2D eigenvalue weighted by molar-refractivity contribution is 7.99. The van der Waals surface area contributed by atoms with Gasteiger partial charge < -0.3 is 0 Å². The van der Waals surface area contributed by atoms with Crippen molar-refractivity contribution >= 4 is 23.4 Å². The lowest BCUT2D eigenvalue weighted by Gasteiger charge is -1.96. The summed E-state index contributed by atoms with van der Waals surface area (Å²) >= 11 is 7.09. The SMILES string of the molecule is Cc1ccnc(SCC=CCCl)n1. The fourth-order valence-electron chi connectivity index (χ4n) is 0.749. The summed E-state index contributed by atoms with van der Waals surface area (Å²) < 4.78 is 0. The standard InChI is InChI=1S/C9H11ClN2S/c1-8-4-6-11-9(12-8)13-7-3-2-5-10/h2-4,6H,5,7H2,1H3. The second-order valence-electron chi connectivity index (χ2n) is 2.42. The van der Waals surface area contributed by atoms with Crippen LogP contribution in [-0.2, 0) is 0 Å². The van der Waals surface area contributed by atoms with Crippen LogP contribution in [0.15, 0.2) is 29.6 Å². The van der Waals surface area contributed by atoms with Gasteiger partial charge in [-0.25, -0.2) is 9.97 Å². The zero-order valence-electron chi connectivity index (χ0n) is 7.40. The molecule has 0 aliphatic heterocycles. The largest absolute Gasteiger partial charge is 0.231 e. The van der Waals surface area contributed by atoms with Gasteiger partial charge in [-0.3, -0.25) is 0 Å². The van der Waals surface area contributed by atoms with Crippen LogP contribution in [0.4, 0.5) is 0 Å². The molecule has 0 amide bonds. The lowest BCUT2D eigenvalue weighted by molar-refractivity contribution is 0.934. The van der Waals surface area contributed by atoms with E-state index in [1.54, 1.807) is 18.0 Å². The first-order valence-corrected chi connectivity index (χ1v) is 5.48. The molecule has 0 saturated heterocycles. The van der Waals surface area contributed by atoms with Crippen LogP contribution in [-0.4, -0.2) is 21.6 Å². The van der Waals surface area contributed by atoms with Crippen LogP contribution in [0.2, 0.25) is 0 Å². The number of halogens is 1. The number of alkyl halides is 1. The Balaban J connectivity index is 2.41. The van der Waals surface area contributed by atoms with Crippen LogP contribution in [0.1, 0.15) is 5.69 Å². The molecule has 70 valence electrons. The Kier molecular flexibility index (Phi) is 4.86. The van der Waals surface area contributed by atoms with Gasteiger partial charge in [-0.1, -0.05) is 23.9 Å². The molecule has 0 spiro atoms. The lowest BCUT2D eigenvalue weighted by atomic mass is 10.5. The second-order valence-corrected chi connectivity index (χ2v) is 3.71. The summed E-state index contributed by atoms with van der Waals surface area (Å²) in [4.78, 5) is 8.38. The number of nitrogens with zero attached hydrogens (tertiary/aromatic N) is 2. The molecule has 0 aliphatic rings. The van der Waals surface area contributed by atoms with E-state index in [1.165, 1.54) is 0 Å². The first kappa shape index (κ1) is 10.5. The van der Waals surface area contributed by atoms with Crippen molar-refractivity contribution in [3.05, 3.63) is 30.1 Å². The molecule has 0 radical (unpaired) electrons. The van der Waals surface area contributed by atoms with Gasteiger partial charge in [-0.15, -0.1) is 11.6 Å². The highest BCUT2D eigenvalue weighted by Gasteiger charge is 1.94. The van der Waals surface area contributed by atoms with Crippen molar-refractivity contribution in [3.63, 3.8) is 0 Å². The molecule has 0 aromatic carbocycles. The number of allylic oxidation sites excluding steroid dienone is 1. The predicted molar refractivity (Wildman–Crippen MR) is 57.4 cm³/mol. The van der Waals surface area contributed by atoms with E-state index < -0.39 is 0 Å². The Hall–Kier alpha value is -0.540. The summed E-state index contributed by atoms with van der Waals surface area (Å²) in [6.07, 6.45) is 5.71. The Bertz CT molecular complexity index is 289. The van der Waals surface area contributed by atoms with Crippen molar-refractivity contribution in [3.8, 4) is 0 Å². The Labute approximate surface area is 87.4 Å². The van der Waals surface area contributed by atoms with E-state index >= 15 is 0 Å². The van der Waals surface area contributed by atoms with Crippen molar-refractivity contribution in [1.82, 2.24) is 9.97 Å². The fraction of sp³-hybridized carbons (Fsp3) is 0.333. The highest BCUT2D eigenvalue weighted by Crippen LogP contribution is 2.11. The number of hydrogen-bond donors (Lipinski definition) is 0. The number of rotatable bonds is 4. The van der Waals surface area contributed by atoms with Gasteiger partial charge in [0.15, 0.2) is 5.16 Å². The van der Waals surface area contributed by atoms with Crippen LogP contribution < -0.4 is 0 Å². The Morgan fingerprint density at radius 3 is 3.08 bits per heavy atom. The summed E-state index contributed by atoms with van der Waals surface area (Å²) in [6, 6.07) is 1.89. The second kappa shape index (κ2) is 6.00. The van der Waals surface area contributed by atoms with Gasteiger partial charge in [0.2, 0.25) is 0 Å². The van der Waals surface area contributed by atoms with Gasteiger partial charge in [0.25, 0.3) is 0 Å². The average Bonchev–Trinajstić information content (AvgIpc) is 2.13. The van der Waals surface area contributed by atoms with Crippen molar-refractivity contribution in [2.75, 3.05) is 11.6 Å². The molecule has 4 heteroatoms. The van der Waals surface area contributed by atoms with E-state index in [-0.39, 0.29) is 0 Å². The quantitative estimate of drug-likeness (QED) is 0.334. The Morgan fingerprint density at radius 2 is 2.38 bits per heavy atom. The maximum absolute atomic E-state index is 5.48. The zero-order chi connectivity index (χ0) is 9.52. The van der Waals surface area contributed by atoms with Crippen LogP contribution >= 0.6 is 23.4 Å². The first-order valence-electron chi connectivity index (χ1n) is 3.96. The molecule has 0 aliphatic carbocycles. The van der Waals surface area contributed by atoms with Crippen molar-refractivity contribution < 1.29 is 0 Å². The molecule has 0 fully saturated rings. The third kappa shape index (κ3) is 4.29. The summed E-state index contributed by atoms with van der Waals surface area (Å²) in [7, 11) is 0. The van der Waals surface area contributed by atoms with Gasteiger partial charge in [-0.05, 0) is 13.0 Å². The Morgan fingerprint density at radius 1 is 1.54 bits per heavy atom. The van der Waals surface area contributed by atoms with Gasteiger partial charge in [-0.2, -0.15) is 0 Å². The number of aromatic nitrogens is 2. The van der Waals surface area contributed by atoms with E-state index in [0.29, 0.717) is 5.88 Å². The molecule has 2 nitrogen and oxygen atoms in total. The molecule has 1 rings (SSSR count). The summed E-state index contributed by atoms with van der Waals surface area (Å²) in [6.45, 7) is 1.96. The molecule has 0 unspecified atom stereocenters. The van der Waals surface area contributed by atoms with E-state index in [2.05, 4.69) is 9.97 Å². The van der Waals surface area contributed by atoms with Gasteiger partial charge in [0.1, 0.15) is 0 Å². The number of aryl methyl sites for hydroxylation is 1. The summed E-state index contributed by atoms with van der Waals surface area (Å²) in [5.41, 5.74) is 0.999. The topological polar surface area (TPSA) is 25.8 Å². The van der Waals surface area contributed by atoms with E-state index in [0.717, 1.165) is 16.6 Å². The van der Waals surface area contributed by atoms with E-state index in [4.69, 9.17) is 11.6 Å². The fourth-order valence-corrected chi connectivity index (χ4v) is 1.60. The molecule has 1 aromatic heterocycles. The van der Waals surface area contributed by atoms with Crippen LogP contribution in [0.3, 0.4) is 0 Å². The average molecular weight is 215 g/mol. The molecule has 0 bridgehead atoms. The smallest absolute Gasteiger partial charge is 0.188 e. The van der Waals surface area contributed by atoms with Crippen LogP contribution in [0.5, 0.6) is 0 Å². The molecular formula is C9H11ClN2S. The third-order valence-electron chi connectivity index (χ3n) is 1.34. The first-order chi connectivity index (χ1) is 6.33. The van der Waals surface area contributed by atoms with Crippen LogP contribution in [0.25, 0.3) is 0 Å². The zero-order valence-corrected chi connectivity index (χ0v) is 8.98. The third-order valence-corrected chi connectivity index (χ3v) is 2.33. The minimum atomic E-state index is 0.565. The van der Waals surface area contributed by atoms with Crippen molar-refractivity contribution in [1.29, 1.82) is 0 Å². The van der Waals surface area contributed by atoms with Gasteiger partial charge >= 0.3 is 0 Å². The number of thioether (sulfide) groups is 1. The van der Waals surface area contributed by atoms with Gasteiger partial charge in [0, 0.05) is 23.5 Å². The summed E-state index contributed by atoms with van der Waals surface area (Å²) in [5, 5.41) is 0.819. The van der Waals surface area contributed by atoms with Crippen molar-refractivity contribution in [2.45, 2.75) is 12.1 Å². The monoisotopic (exact) mass is 214 g/mol. The van der Waals surface area contributed by atoms with Gasteiger partial charge in [0.05, 0.1) is 0 Å². The lowest BCUT2D eigenvalue weighted by Crippen LogP contribution is -1.88. The molecule has 13 heavy (non-hydrogen) atoms. The molecule has 1 aromatic rings. The molecule has 0 saturated carbocycles. The van der Waals surface area contributed by atoms with E-state index in [9.17, 15) is 0 Å². The normalized spacial score (nSPS) is 10.9. The number of hydrogen-bond acceptors (Lipinski definition) is 3. The van der Waals surface area contributed by atoms with Crippen LogP contribution in [0, 0.1) is 6.92 Å². The molecular weight excluding hydrogens is 204 g/mol. The maximum Gasteiger partial charge on any atom is 0.188 e. The maximum atomic E-state index is 5.48. The van der Waals surface area contributed by atoms with Crippen molar-refractivity contribution in [2.24, 2.45) is 0 Å². The minimum absolute atomic E-state index is 0.565. The molecule has 1 heterocycles. The molecule has 0 atom stereocenters.